The molecular weight excluding hydrogens is 465 g/mol. The predicted molar refractivity (Wildman–Crippen MR) is 128 cm³/mol. The standard InChI is InChI=1S/C26H26FN5O4/c1-16-21(30-36-29-16)15-32-25(34)20-5-2-6-22(23(20)26(32)35)31-13-3-4-18(14-31)24(33)28-12-11-17-7-9-19(27)10-8-17/h2,5-10,18H,3-4,11-15H2,1H3,(H,28,33)/t18-/m0/s1. The molecule has 1 N–H and O–H groups in total. The molecular formula is C26H26FN5O4. The van der Waals surface area contributed by atoms with E-state index in [1.807, 2.05) is 11.0 Å². The van der Waals surface area contributed by atoms with Gasteiger partial charge in [0.15, 0.2) is 0 Å². The first-order valence-electron chi connectivity index (χ1n) is 12.0. The van der Waals surface area contributed by atoms with E-state index in [-0.39, 0.29) is 36.0 Å². The molecule has 1 fully saturated rings. The fourth-order valence-corrected chi connectivity index (χ4v) is 4.80. The third-order valence-corrected chi connectivity index (χ3v) is 6.79. The first kappa shape index (κ1) is 23.7. The molecule has 2 aliphatic heterocycles. The van der Waals surface area contributed by atoms with Crippen molar-refractivity contribution in [1.29, 1.82) is 0 Å². The maximum absolute atomic E-state index is 13.3. The van der Waals surface area contributed by atoms with Crippen molar-refractivity contribution >= 4 is 23.4 Å². The van der Waals surface area contributed by atoms with E-state index in [0.717, 1.165) is 23.3 Å². The van der Waals surface area contributed by atoms with Gasteiger partial charge in [-0.2, -0.15) is 0 Å². The predicted octanol–water partition coefficient (Wildman–Crippen LogP) is 2.89. The summed E-state index contributed by atoms with van der Waals surface area (Å²) in [6.45, 7) is 3.28. The zero-order valence-electron chi connectivity index (χ0n) is 19.9. The number of aromatic nitrogens is 2. The van der Waals surface area contributed by atoms with Crippen LogP contribution in [-0.2, 0) is 17.8 Å². The largest absolute Gasteiger partial charge is 0.370 e. The van der Waals surface area contributed by atoms with E-state index in [1.54, 1.807) is 31.2 Å². The molecule has 10 heteroatoms. The van der Waals surface area contributed by atoms with Gasteiger partial charge in [0.2, 0.25) is 5.91 Å². The number of halogens is 1. The Balaban J connectivity index is 1.26. The summed E-state index contributed by atoms with van der Waals surface area (Å²) in [6.07, 6.45) is 2.14. The van der Waals surface area contributed by atoms with E-state index in [0.29, 0.717) is 54.3 Å². The molecule has 9 nitrogen and oxygen atoms in total. The van der Waals surface area contributed by atoms with Gasteiger partial charge in [0.05, 0.1) is 29.3 Å². The molecule has 0 bridgehead atoms. The van der Waals surface area contributed by atoms with E-state index in [1.165, 1.54) is 12.1 Å². The van der Waals surface area contributed by atoms with Crippen molar-refractivity contribution in [2.75, 3.05) is 24.5 Å². The minimum absolute atomic E-state index is 0.0137. The van der Waals surface area contributed by atoms with Crippen molar-refractivity contribution in [3.05, 3.63) is 76.4 Å². The van der Waals surface area contributed by atoms with Gasteiger partial charge in [0, 0.05) is 19.6 Å². The normalized spacial score (nSPS) is 17.4. The van der Waals surface area contributed by atoms with Crippen molar-refractivity contribution in [2.24, 2.45) is 5.92 Å². The van der Waals surface area contributed by atoms with Gasteiger partial charge in [-0.05, 0) is 56.0 Å². The monoisotopic (exact) mass is 491 g/mol. The van der Waals surface area contributed by atoms with Crippen molar-refractivity contribution in [3.8, 4) is 0 Å². The van der Waals surface area contributed by atoms with Crippen LogP contribution in [0.4, 0.5) is 10.1 Å². The van der Waals surface area contributed by atoms with Crippen LogP contribution in [-0.4, -0.2) is 52.6 Å². The number of imide groups is 1. The third kappa shape index (κ3) is 4.58. The number of fused-ring (bicyclic) bond motifs is 1. The number of nitrogens with one attached hydrogen (secondary N) is 1. The van der Waals surface area contributed by atoms with Crippen LogP contribution in [0.15, 0.2) is 47.1 Å². The Hall–Kier alpha value is -4.08. The first-order valence-corrected chi connectivity index (χ1v) is 12.0. The molecule has 1 aromatic heterocycles. The third-order valence-electron chi connectivity index (χ3n) is 6.79. The van der Waals surface area contributed by atoms with Crippen LogP contribution in [0.5, 0.6) is 0 Å². The van der Waals surface area contributed by atoms with Crippen LogP contribution in [0, 0.1) is 18.7 Å². The summed E-state index contributed by atoms with van der Waals surface area (Å²) < 4.78 is 17.8. The van der Waals surface area contributed by atoms with E-state index < -0.39 is 0 Å². The number of rotatable bonds is 7. The van der Waals surface area contributed by atoms with Crippen LogP contribution in [0.3, 0.4) is 0 Å². The maximum Gasteiger partial charge on any atom is 0.264 e. The second-order valence-corrected chi connectivity index (χ2v) is 9.15. The van der Waals surface area contributed by atoms with E-state index in [2.05, 4.69) is 15.6 Å². The molecule has 3 heterocycles. The number of benzene rings is 2. The molecule has 5 rings (SSSR count). The van der Waals surface area contributed by atoms with Gasteiger partial charge in [-0.15, -0.1) is 0 Å². The highest BCUT2D eigenvalue weighted by Crippen LogP contribution is 2.34. The van der Waals surface area contributed by atoms with Gasteiger partial charge < -0.3 is 10.2 Å². The van der Waals surface area contributed by atoms with Crippen molar-refractivity contribution in [3.63, 3.8) is 0 Å². The van der Waals surface area contributed by atoms with Crippen LogP contribution in [0.2, 0.25) is 0 Å². The highest BCUT2D eigenvalue weighted by molar-refractivity contribution is 6.23. The summed E-state index contributed by atoms with van der Waals surface area (Å²) >= 11 is 0. The summed E-state index contributed by atoms with van der Waals surface area (Å²) in [5.41, 5.74) is 3.27. The Kier molecular flexibility index (Phi) is 6.49. The molecule has 3 amide bonds. The second kappa shape index (κ2) is 9.88. The van der Waals surface area contributed by atoms with Crippen molar-refractivity contribution in [1.82, 2.24) is 20.5 Å². The SMILES string of the molecule is Cc1nonc1CN1C(=O)c2cccc(N3CCC[C@H](C(=O)NCCc4ccc(F)cc4)C3)c2C1=O. The molecule has 36 heavy (non-hydrogen) atoms. The summed E-state index contributed by atoms with van der Waals surface area (Å²) in [5, 5.41) is 10.5. The van der Waals surface area contributed by atoms with Crippen LogP contribution in [0.25, 0.3) is 0 Å². The molecule has 2 aliphatic rings. The summed E-state index contributed by atoms with van der Waals surface area (Å²) in [7, 11) is 0. The fraction of sp³-hybridized carbons (Fsp3) is 0.346. The molecule has 0 unspecified atom stereocenters. The van der Waals surface area contributed by atoms with Gasteiger partial charge in [0.25, 0.3) is 11.8 Å². The molecule has 0 radical (unpaired) electrons. The van der Waals surface area contributed by atoms with Crippen molar-refractivity contribution < 1.29 is 23.4 Å². The molecule has 0 saturated carbocycles. The van der Waals surface area contributed by atoms with Gasteiger partial charge >= 0.3 is 0 Å². The molecule has 1 saturated heterocycles. The first-order chi connectivity index (χ1) is 17.4. The van der Waals surface area contributed by atoms with Crippen LogP contribution in [0.1, 0.15) is 50.5 Å². The number of piperidine rings is 1. The quantitative estimate of drug-likeness (QED) is 0.506. The Morgan fingerprint density at radius 2 is 1.94 bits per heavy atom. The highest BCUT2D eigenvalue weighted by Gasteiger charge is 2.40. The molecule has 186 valence electrons. The van der Waals surface area contributed by atoms with Gasteiger partial charge in [0.1, 0.15) is 17.2 Å². The summed E-state index contributed by atoms with van der Waals surface area (Å²) in [4.78, 5) is 42.4. The Morgan fingerprint density at radius 1 is 1.14 bits per heavy atom. The van der Waals surface area contributed by atoms with Gasteiger partial charge in [-0.1, -0.05) is 28.5 Å². The van der Waals surface area contributed by atoms with Crippen LogP contribution < -0.4 is 10.2 Å². The van der Waals surface area contributed by atoms with E-state index in [9.17, 15) is 18.8 Å². The highest BCUT2D eigenvalue weighted by atomic mass is 19.1. The lowest BCUT2D eigenvalue weighted by molar-refractivity contribution is -0.125. The number of anilines is 1. The topological polar surface area (TPSA) is 109 Å². The minimum Gasteiger partial charge on any atom is -0.370 e. The Morgan fingerprint density at radius 3 is 2.69 bits per heavy atom. The molecule has 3 aromatic rings. The number of hydrogen-bond acceptors (Lipinski definition) is 7. The molecule has 0 aliphatic carbocycles. The number of aryl methyl sites for hydroxylation is 1. The average molecular weight is 492 g/mol. The summed E-state index contributed by atoms with van der Waals surface area (Å²) in [5.74, 6) is -1.35. The number of carbonyl (C=O) groups is 3. The lowest BCUT2D eigenvalue weighted by Crippen LogP contribution is -2.44. The minimum atomic E-state index is -0.390. The average Bonchev–Trinajstić information content (AvgIpc) is 3.41. The smallest absolute Gasteiger partial charge is 0.264 e. The lowest BCUT2D eigenvalue weighted by atomic mass is 9.95. The molecule has 1 atom stereocenters. The lowest BCUT2D eigenvalue weighted by Gasteiger charge is -2.34. The second-order valence-electron chi connectivity index (χ2n) is 9.15. The van der Waals surface area contributed by atoms with E-state index in [4.69, 9.17) is 4.63 Å². The Labute approximate surface area is 207 Å². The zero-order chi connectivity index (χ0) is 25.2. The van der Waals surface area contributed by atoms with Crippen LogP contribution >= 0.6 is 0 Å². The number of carbonyl (C=O) groups excluding carboxylic acids is 3. The fourth-order valence-electron chi connectivity index (χ4n) is 4.80. The van der Waals surface area contributed by atoms with Gasteiger partial charge in [-0.25, -0.2) is 9.02 Å². The molecule has 2 aromatic carbocycles. The summed E-state index contributed by atoms with van der Waals surface area (Å²) in [6, 6.07) is 11.5. The number of amides is 3. The number of hydrogen-bond donors (Lipinski definition) is 1. The zero-order valence-corrected chi connectivity index (χ0v) is 19.9. The maximum atomic E-state index is 13.3. The van der Waals surface area contributed by atoms with Gasteiger partial charge in [-0.3, -0.25) is 19.3 Å². The molecule has 0 spiro atoms. The Bertz CT molecular complexity index is 1310. The number of nitrogens with zero attached hydrogens (tertiary/aromatic N) is 4. The van der Waals surface area contributed by atoms with E-state index >= 15 is 0 Å². The van der Waals surface area contributed by atoms with Crippen molar-refractivity contribution in [2.45, 2.75) is 32.7 Å².